The number of ether oxygens (including phenoxy) is 2. The Bertz CT molecular complexity index is 543. The molecular formula is C10H6F6INO3. The Morgan fingerprint density at radius 3 is 2.29 bits per heavy atom. The van der Waals surface area contributed by atoms with Crippen LogP contribution in [0, 0.1) is 3.57 Å². The largest absolute Gasteiger partial charge is 0.573 e. The van der Waals surface area contributed by atoms with E-state index in [0.29, 0.717) is 0 Å². The second kappa shape index (κ2) is 6.23. The van der Waals surface area contributed by atoms with E-state index < -0.39 is 39.2 Å². The van der Waals surface area contributed by atoms with E-state index in [2.05, 4.69) is 14.5 Å². The van der Waals surface area contributed by atoms with Gasteiger partial charge in [-0.25, -0.2) is 9.78 Å². The summed E-state index contributed by atoms with van der Waals surface area (Å²) in [6.45, 7) is 1.29. The molecule has 1 rings (SSSR count). The van der Waals surface area contributed by atoms with Gasteiger partial charge in [0.15, 0.2) is 11.4 Å². The van der Waals surface area contributed by atoms with Crippen molar-refractivity contribution in [3.8, 4) is 5.75 Å². The summed E-state index contributed by atoms with van der Waals surface area (Å²) in [7, 11) is 0. The van der Waals surface area contributed by atoms with Gasteiger partial charge in [-0.3, -0.25) is 0 Å². The molecule has 0 aliphatic rings. The number of aromatic nitrogens is 1. The summed E-state index contributed by atoms with van der Waals surface area (Å²) in [5.74, 6) is -2.69. The molecule has 0 unspecified atom stereocenters. The topological polar surface area (TPSA) is 48.4 Å². The number of carbonyl (C=O) groups excluding carboxylic acids is 1. The monoisotopic (exact) mass is 429 g/mol. The minimum absolute atomic E-state index is 0.126. The Morgan fingerprint density at radius 1 is 1.29 bits per heavy atom. The quantitative estimate of drug-likeness (QED) is 0.417. The molecule has 0 aliphatic carbocycles. The summed E-state index contributed by atoms with van der Waals surface area (Å²) in [5, 5.41) is 0. The molecule has 21 heavy (non-hydrogen) atoms. The highest BCUT2D eigenvalue weighted by Gasteiger charge is 2.42. The van der Waals surface area contributed by atoms with Crippen LogP contribution in [0.1, 0.15) is 23.1 Å². The third kappa shape index (κ3) is 4.89. The minimum atomic E-state index is -5.33. The standard InChI is InChI=1S/C10H6F6INO3/c1-2-20-8(19)5-3-4(17)6(21-10(14,15)16)7(18-5)9(11,12)13/h3H,2H2,1H3. The third-order valence-corrected chi connectivity index (χ3v) is 2.70. The predicted octanol–water partition coefficient (Wildman–Crippen LogP) is 3.78. The van der Waals surface area contributed by atoms with Crippen molar-refractivity contribution < 1.29 is 40.6 Å². The second-order valence-electron chi connectivity index (χ2n) is 3.43. The summed E-state index contributed by atoms with van der Waals surface area (Å²) in [6.07, 6.45) is -10.6. The highest BCUT2D eigenvalue weighted by atomic mass is 127. The zero-order valence-corrected chi connectivity index (χ0v) is 12.3. The Balaban J connectivity index is 3.42. The molecule has 0 bridgehead atoms. The van der Waals surface area contributed by atoms with Gasteiger partial charge in [0.25, 0.3) is 0 Å². The first-order chi connectivity index (χ1) is 9.45. The molecule has 0 amide bonds. The molecule has 0 saturated carbocycles. The Labute approximate surface area is 127 Å². The average Bonchev–Trinajstić information content (AvgIpc) is 2.28. The predicted molar refractivity (Wildman–Crippen MR) is 64.6 cm³/mol. The summed E-state index contributed by atoms with van der Waals surface area (Å²) < 4.78 is 82.0. The highest BCUT2D eigenvalue weighted by Crippen LogP contribution is 2.40. The summed E-state index contributed by atoms with van der Waals surface area (Å²) in [5.41, 5.74) is -2.71. The van der Waals surface area contributed by atoms with Gasteiger partial charge in [0.05, 0.1) is 10.2 Å². The maximum atomic E-state index is 12.8. The number of hydrogen-bond donors (Lipinski definition) is 0. The molecule has 11 heteroatoms. The number of rotatable bonds is 3. The van der Waals surface area contributed by atoms with E-state index in [9.17, 15) is 31.1 Å². The van der Waals surface area contributed by atoms with Crippen molar-refractivity contribution >= 4 is 28.6 Å². The van der Waals surface area contributed by atoms with Crippen LogP contribution in [0.4, 0.5) is 26.3 Å². The number of halogens is 7. The van der Waals surface area contributed by atoms with E-state index in [1.165, 1.54) is 29.5 Å². The van der Waals surface area contributed by atoms with Crippen molar-refractivity contribution in [1.82, 2.24) is 4.98 Å². The minimum Gasteiger partial charge on any atom is -0.461 e. The van der Waals surface area contributed by atoms with Gasteiger partial charge in [0.2, 0.25) is 0 Å². The molecule has 0 spiro atoms. The Kier molecular flexibility index (Phi) is 5.28. The van der Waals surface area contributed by atoms with Gasteiger partial charge in [-0.05, 0) is 35.6 Å². The van der Waals surface area contributed by atoms with Crippen molar-refractivity contribution in [1.29, 1.82) is 0 Å². The lowest BCUT2D eigenvalue weighted by Crippen LogP contribution is -2.23. The lowest BCUT2D eigenvalue weighted by Gasteiger charge is -2.16. The van der Waals surface area contributed by atoms with Gasteiger partial charge in [0.1, 0.15) is 5.69 Å². The number of alkyl halides is 6. The summed E-state index contributed by atoms with van der Waals surface area (Å²) in [4.78, 5) is 14.2. The molecule has 0 aromatic carbocycles. The van der Waals surface area contributed by atoms with Gasteiger partial charge in [0, 0.05) is 0 Å². The van der Waals surface area contributed by atoms with Crippen molar-refractivity contribution in [2.75, 3.05) is 6.61 Å². The molecule has 0 fully saturated rings. The summed E-state index contributed by atoms with van der Waals surface area (Å²) in [6, 6.07) is 0.717. The van der Waals surface area contributed by atoms with Crippen molar-refractivity contribution in [2.24, 2.45) is 0 Å². The molecule has 0 radical (unpaired) electrons. The normalized spacial score (nSPS) is 12.2. The average molecular weight is 429 g/mol. The van der Waals surface area contributed by atoms with E-state index in [4.69, 9.17) is 0 Å². The highest BCUT2D eigenvalue weighted by molar-refractivity contribution is 14.1. The van der Waals surface area contributed by atoms with Crippen LogP contribution in [-0.4, -0.2) is 23.9 Å². The molecule has 1 aromatic rings. The van der Waals surface area contributed by atoms with Gasteiger partial charge in [-0.2, -0.15) is 13.2 Å². The second-order valence-corrected chi connectivity index (χ2v) is 4.60. The number of pyridine rings is 1. The van der Waals surface area contributed by atoms with Crippen LogP contribution in [0.15, 0.2) is 6.07 Å². The first kappa shape index (κ1) is 17.8. The van der Waals surface area contributed by atoms with E-state index in [1.54, 1.807) is 0 Å². The number of nitrogens with zero attached hydrogens (tertiary/aromatic N) is 1. The van der Waals surface area contributed by atoms with Crippen LogP contribution < -0.4 is 4.74 Å². The van der Waals surface area contributed by atoms with Crippen LogP contribution in [0.5, 0.6) is 5.75 Å². The smallest absolute Gasteiger partial charge is 0.461 e. The van der Waals surface area contributed by atoms with Crippen molar-refractivity contribution in [3.05, 3.63) is 21.0 Å². The fraction of sp³-hybridized carbons (Fsp3) is 0.400. The number of hydrogen-bond acceptors (Lipinski definition) is 4. The van der Waals surface area contributed by atoms with E-state index in [0.717, 1.165) is 6.07 Å². The van der Waals surface area contributed by atoms with E-state index >= 15 is 0 Å². The van der Waals surface area contributed by atoms with Crippen LogP contribution in [-0.2, 0) is 10.9 Å². The van der Waals surface area contributed by atoms with Crippen LogP contribution in [0.3, 0.4) is 0 Å². The van der Waals surface area contributed by atoms with E-state index in [-0.39, 0.29) is 6.61 Å². The lowest BCUT2D eigenvalue weighted by atomic mass is 10.2. The number of esters is 1. The van der Waals surface area contributed by atoms with Gasteiger partial charge in [-0.1, -0.05) is 0 Å². The molecule has 0 atom stereocenters. The van der Waals surface area contributed by atoms with Crippen molar-refractivity contribution in [3.63, 3.8) is 0 Å². The zero-order chi connectivity index (χ0) is 16.4. The molecule has 4 nitrogen and oxygen atoms in total. The first-order valence-electron chi connectivity index (χ1n) is 5.16. The molecule has 0 N–H and O–H groups in total. The molecule has 1 heterocycles. The Morgan fingerprint density at radius 2 is 1.86 bits per heavy atom. The SMILES string of the molecule is CCOC(=O)c1cc(I)c(OC(F)(F)F)c(C(F)(F)F)n1. The van der Waals surface area contributed by atoms with Gasteiger partial charge in [-0.15, -0.1) is 13.2 Å². The van der Waals surface area contributed by atoms with Gasteiger partial charge >= 0.3 is 18.5 Å². The fourth-order valence-electron chi connectivity index (χ4n) is 1.22. The lowest BCUT2D eigenvalue weighted by molar-refractivity contribution is -0.276. The Hall–Kier alpha value is -1.27. The fourth-order valence-corrected chi connectivity index (χ4v) is 1.88. The van der Waals surface area contributed by atoms with Crippen LogP contribution in [0.2, 0.25) is 0 Å². The molecule has 0 saturated heterocycles. The zero-order valence-electron chi connectivity index (χ0n) is 10.1. The first-order valence-corrected chi connectivity index (χ1v) is 6.24. The summed E-state index contributed by atoms with van der Waals surface area (Å²) >= 11 is 1.18. The van der Waals surface area contributed by atoms with Crippen LogP contribution >= 0.6 is 22.6 Å². The molecule has 0 aliphatic heterocycles. The van der Waals surface area contributed by atoms with Crippen LogP contribution in [0.25, 0.3) is 0 Å². The number of carbonyl (C=O) groups is 1. The molecular weight excluding hydrogens is 423 g/mol. The maximum absolute atomic E-state index is 12.8. The van der Waals surface area contributed by atoms with E-state index in [1.807, 2.05) is 0 Å². The van der Waals surface area contributed by atoms with Gasteiger partial charge < -0.3 is 9.47 Å². The third-order valence-electron chi connectivity index (χ3n) is 1.90. The molecule has 1 aromatic heterocycles. The van der Waals surface area contributed by atoms with Crippen molar-refractivity contribution in [2.45, 2.75) is 19.5 Å². The maximum Gasteiger partial charge on any atom is 0.573 e. The molecule has 118 valence electrons.